The summed E-state index contributed by atoms with van der Waals surface area (Å²) in [6.07, 6.45) is 1.25. The number of aryl methyl sites for hydroxylation is 1. The van der Waals surface area contributed by atoms with E-state index in [0.29, 0.717) is 5.75 Å². The van der Waals surface area contributed by atoms with Gasteiger partial charge >= 0.3 is 0 Å². The minimum Gasteiger partial charge on any atom is -0.484 e. The number of primary sulfonamides is 1. The van der Waals surface area contributed by atoms with Gasteiger partial charge in [0.05, 0.1) is 0 Å². The van der Waals surface area contributed by atoms with Crippen molar-refractivity contribution in [2.45, 2.75) is 11.9 Å². The van der Waals surface area contributed by atoms with Crippen LogP contribution in [0.15, 0.2) is 47.6 Å². The Morgan fingerprint density at radius 1 is 1.27 bits per heavy atom. The normalized spacial score (nSPS) is 11.0. The second kappa shape index (κ2) is 6.54. The highest BCUT2D eigenvalue weighted by atomic mass is 32.2. The first-order chi connectivity index (χ1) is 10.3. The Morgan fingerprint density at radius 3 is 2.59 bits per heavy atom. The summed E-state index contributed by atoms with van der Waals surface area (Å²) in [4.78, 5) is 15.4. The molecule has 0 saturated carbocycles. The summed E-state index contributed by atoms with van der Waals surface area (Å²) in [7, 11) is -3.91. The summed E-state index contributed by atoms with van der Waals surface area (Å²) in [6.45, 7) is 1.75. The molecule has 116 valence electrons. The molecule has 0 radical (unpaired) electrons. The number of nitrogens with two attached hydrogens (primary N) is 1. The highest BCUT2D eigenvalue weighted by Crippen LogP contribution is 2.13. The Bertz CT molecular complexity index is 773. The minimum atomic E-state index is -3.91. The zero-order chi connectivity index (χ0) is 16.2. The number of hydrogen-bond acceptors (Lipinski definition) is 5. The molecule has 8 heteroatoms. The van der Waals surface area contributed by atoms with Gasteiger partial charge < -0.3 is 10.1 Å². The van der Waals surface area contributed by atoms with Crippen molar-refractivity contribution in [3.05, 3.63) is 48.2 Å². The average Bonchev–Trinajstić information content (AvgIpc) is 2.46. The van der Waals surface area contributed by atoms with E-state index in [9.17, 15) is 13.2 Å². The summed E-state index contributed by atoms with van der Waals surface area (Å²) in [5, 5.41) is 7.17. The van der Waals surface area contributed by atoms with Crippen molar-refractivity contribution in [3.63, 3.8) is 0 Å². The van der Waals surface area contributed by atoms with Crippen LogP contribution in [0, 0.1) is 6.92 Å². The van der Waals surface area contributed by atoms with E-state index in [4.69, 9.17) is 9.88 Å². The van der Waals surface area contributed by atoms with E-state index in [2.05, 4.69) is 10.3 Å². The van der Waals surface area contributed by atoms with Crippen LogP contribution in [-0.4, -0.2) is 25.9 Å². The van der Waals surface area contributed by atoms with E-state index in [1.54, 1.807) is 12.1 Å². The van der Waals surface area contributed by atoms with Gasteiger partial charge in [0.2, 0.25) is 0 Å². The molecule has 0 atom stereocenters. The van der Waals surface area contributed by atoms with Crippen LogP contribution >= 0.6 is 0 Å². The van der Waals surface area contributed by atoms with E-state index < -0.39 is 15.9 Å². The molecule has 0 aliphatic carbocycles. The minimum absolute atomic E-state index is 0.198. The standard InChI is InChI=1S/C14H15N3O4S/c1-10-2-4-12(5-3-10)21-9-13(18)17-11-6-7-16-14(8-11)22(15,19)20/h2-8H,9H2,1H3,(H2,15,19,20)(H,16,17,18). The van der Waals surface area contributed by atoms with Crippen molar-refractivity contribution in [1.82, 2.24) is 4.98 Å². The molecular formula is C14H15N3O4S. The molecule has 3 N–H and O–H groups in total. The number of benzene rings is 1. The van der Waals surface area contributed by atoms with Gasteiger partial charge in [0, 0.05) is 18.0 Å². The number of pyridine rings is 1. The van der Waals surface area contributed by atoms with Crippen LogP contribution in [0.5, 0.6) is 5.75 Å². The number of aromatic nitrogens is 1. The van der Waals surface area contributed by atoms with Crippen LogP contribution in [0.1, 0.15) is 5.56 Å². The zero-order valence-corrected chi connectivity index (χ0v) is 12.6. The lowest BCUT2D eigenvalue weighted by Gasteiger charge is -2.08. The molecular weight excluding hydrogens is 306 g/mol. The van der Waals surface area contributed by atoms with Crippen LogP contribution < -0.4 is 15.2 Å². The van der Waals surface area contributed by atoms with Gasteiger partial charge in [-0.25, -0.2) is 18.5 Å². The summed E-state index contributed by atoms with van der Waals surface area (Å²) >= 11 is 0. The van der Waals surface area contributed by atoms with Crippen LogP contribution in [0.2, 0.25) is 0 Å². The number of carbonyl (C=O) groups is 1. The highest BCUT2D eigenvalue weighted by Gasteiger charge is 2.11. The van der Waals surface area contributed by atoms with Gasteiger partial charge in [-0.1, -0.05) is 17.7 Å². The van der Waals surface area contributed by atoms with E-state index in [1.165, 1.54) is 18.3 Å². The maximum Gasteiger partial charge on any atom is 0.262 e. The first-order valence-electron chi connectivity index (χ1n) is 6.33. The van der Waals surface area contributed by atoms with Crippen LogP contribution in [0.3, 0.4) is 0 Å². The van der Waals surface area contributed by atoms with Crippen molar-refractivity contribution in [2.75, 3.05) is 11.9 Å². The third kappa shape index (κ3) is 4.54. The summed E-state index contributed by atoms with van der Waals surface area (Å²) in [5.41, 5.74) is 1.36. The van der Waals surface area contributed by atoms with Crippen molar-refractivity contribution in [3.8, 4) is 5.75 Å². The fourth-order valence-electron chi connectivity index (χ4n) is 1.62. The Labute approximate surface area is 128 Å². The molecule has 0 spiro atoms. The second-order valence-corrected chi connectivity index (χ2v) is 6.09. The number of sulfonamides is 1. The number of rotatable bonds is 5. The molecule has 0 fully saturated rings. The second-order valence-electron chi connectivity index (χ2n) is 4.58. The van der Waals surface area contributed by atoms with Crippen molar-refractivity contribution >= 4 is 21.6 Å². The summed E-state index contributed by atoms with van der Waals surface area (Å²) in [6, 6.07) is 9.89. The number of nitrogens with zero attached hydrogens (tertiary/aromatic N) is 1. The zero-order valence-electron chi connectivity index (χ0n) is 11.8. The lowest BCUT2D eigenvalue weighted by molar-refractivity contribution is -0.118. The molecule has 2 aromatic rings. The Balaban J connectivity index is 1.96. The first-order valence-corrected chi connectivity index (χ1v) is 7.87. The topological polar surface area (TPSA) is 111 Å². The third-order valence-electron chi connectivity index (χ3n) is 2.70. The van der Waals surface area contributed by atoms with Gasteiger partial charge in [-0.2, -0.15) is 0 Å². The molecule has 0 bridgehead atoms. The molecule has 1 aromatic heterocycles. The van der Waals surface area contributed by atoms with Crippen LogP contribution in [0.25, 0.3) is 0 Å². The predicted octanol–water partition coefficient (Wildman–Crippen LogP) is 1.05. The van der Waals surface area contributed by atoms with Gasteiger partial charge in [0.15, 0.2) is 11.6 Å². The maximum absolute atomic E-state index is 11.8. The maximum atomic E-state index is 11.8. The van der Waals surface area contributed by atoms with Crippen molar-refractivity contribution < 1.29 is 17.9 Å². The van der Waals surface area contributed by atoms with Crippen molar-refractivity contribution in [1.29, 1.82) is 0 Å². The Morgan fingerprint density at radius 2 is 1.95 bits per heavy atom. The first kappa shape index (κ1) is 15.9. The largest absolute Gasteiger partial charge is 0.484 e. The average molecular weight is 321 g/mol. The summed E-state index contributed by atoms with van der Waals surface area (Å²) in [5.74, 6) is 0.146. The smallest absolute Gasteiger partial charge is 0.262 e. The summed E-state index contributed by atoms with van der Waals surface area (Å²) < 4.78 is 27.7. The molecule has 22 heavy (non-hydrogen) atoms. The van der Waals surface area contributed by atoms with E-state index in [1.807, 2.05) is 19.1 Å². The van der Waals surface area contributed by atoms with Crippen LogP contribution in [0.4, 0.5) is 5.69 Å². The number of carbonyl (C=O) groups excluding carboxylic acids is 1. The van der Waals surface area contributed by atoms with Gasteiger partial charge in [-0.15, -0.1) is 0 Å². The lowest BCUT2D eigenvalue weighted by Crippen LogP contribution is -2.21. The predicted molar refractivity (Wildman–Crippen MR) is 80.9 cm³/mol. The van der Waals surface area contributed by atoms with Gasteiger partial charge in [0.1, 0.15) is 5.75 Å². The number of hydrogen-bond donors (Lipinski definition) is 2. The molecule has 7 nitrogen and oxygen atoms in total. The number of nitrogens with one attached hydrogen (secondary N) is 1. The fraction of sp³-hybridized carbons (Fsp3) is 0.143. The Kier molecular flexibility index (Phi) is 4.74. The third-order valence-corrected chi connectivity index (χ3v) is 3.51. The molecule has 1 aromatic carbocycles. The van der Waals surface area contributed by atoms with Crippen molar-refractivity contribution in [2.24, 2.45) is 5.14 Å². The van der Waals surface area contributed by atoms with E-state index in [-0.39, 0.29) is 17.3 Å². The lowest BCUT2D eigenvalue weighted by atomic mass is 10.2. The van der Waals surface area contributed by atoms with Crippen LogP contribution in [-0.2, 0) is 14.8 Å². The molecule has 2 rings (SSSR count). The number of amides is 1. The van der Waals surface area contributed by atoms with E-state index >= 15 is 0 Å². The van der Waals surface area contributed by atoms with Gasteiger partial charge in [-0.05, 0) is 25.1 Å². The SMILES string of the molecule is Cc1ccc(OCC(=O)Nc2ccnc(S(N)(=O)=O)c2)cc1. The molecule has 1 amide bonds. The quantitative estimate of drug-likeness (QED) is 0.855. The highest BCUT2D eigenvalue weighted by molar-refractivity contribution is 7.89. The number of anilines is 1. The van der Waals surface area contributed by atoms with Gasteiger partial charge in [-0.3, -0.25) is 4.79 Å². The number of ether oxygens (including phenoxy) is 1. The molecule has 0 aliphatic heterocycles. The fourth-order valence-corrected chi connectivity index (χ4v) is 2.12. The van der Waals surface area contributed by atoms with Gasteiger partial charge in [0.25, 0.3) is 15.9 Å². The monoisotopic (exact) mass is 321 g/mol. The molecule has 0 aliphatic rings. The van der Waals surface area contributed by atoms with E-state index in [0.717, 1.165) is 5.56 Å². The molecule has 0 saturated heterocycles. The Hall–Kier alpha value is -2.45. The molecule has 0 unspecified atom stereocenters. The molecule has 1 heterocycles.